The first-order valence-corrected chi connectivity index (χ1v) is 5.03. The Morgan fingerprint density at radius 1 is 0.933 bits per heavy atom. The molecular formula is C9H14N2O4. The molecule has 2 saturated heterocycles. The molecule has 0 aromatic heterocycles. The zero-order valence-corrected chi connectivity index (χ0v) is 8.30. The second kappa shape index (κ2) is 3.60. The third-order valence-corrected chi connectivity index (χ3v) is 3.34. The van der Waals surface area contributed by atoms with E-state index in [1.807, 2.05) is 0 Å². The van der Waals surface area contributed by atoms with E-state index < -0.39 is 12.2 Å². The van der Waals surface area contributed by atoms with Crippen molar-refractivity contribution in [3.05, 3.63) is 0 Å². The fourth-order valence-electron chi connectivity index (χ4n) is 2.50. The van der Waals surface area contributed by atoms with Crippen molar-refractivity contribution in [1.29, 1.82) is 0 Å². The Labute approximate surface area is 87.1 Å². The summed E-state index contributed by atoms with van der Waals surface area (Å²) in [5, 5.41) is 17.7. The molecule has 15 heavy (non-hydrogen) atoms. The minimum atomic E-state index is -0.901. The molecule has 6 heteroatoms. The lowest BCUT2D eigenvalue weighted by atomic mass is 9.89. The summed E-state index contributed by atoms with van der Waals surface area (Å²) in [6, 6.07) is 0. The monoisotopic (exact) mass is 214 g/mol. The highest BCUT2D eigenvalue weighted by molar-refractivity contribution is 5.66. The lowest BCUT2D eigenvalue weighted by Gasteiger charge is -2.32. The van der Waals surface area contributed by atoms with E-state index in [0.717, 1.165) is 6.42 Å². The summed E-state index contributed by atoms with van der Waals surface area (Å²) in [7, 11) is 0. The molecule has 0 radical (unpaired) electrons. The Balaban J connectivity index is 1.98. The first kappa shape index (κ1) is 10.1. The van der Waals surface area contributed by atoms with Gasteiger partial charge >= 0.3 is 12.2 Å². The molecule has 2 heterocycles. The lowest BCUT2D eigenvalue weighted by molar-refractivity contribution is 0.110. The van der Waals surface area contributed by atoms with Crippen LogP contribution in [0, 0.1) is 11.8 Å². The smallest absolute Gasteiger partial charge is 0.407 e. The first-order chi connectivity index (χ1) is 7.08. The Morgan fingerprint density at radius 2 is 1.47 bits per heavy atom. The maximum Gasteiger partial charge on any atom is 0.407 e. The van der Waals surface area contributed by atoms with Crippen LogP contribution in [0.3, 0.4) is 0 Å². The van der Waals surface area contributed by atoms with Crippen molar-refractivity contribution < 1.29 is 19.8 Å². The van der Waals surface area contributed by atoms with Gasteiger partial charge in [-0.05, 0) is 18.3 Å². The van der Waals surface area contributed by atoms with Gasteiger partial charge in [0.1, 0.15) is 0 Å². The Bertz CT molecular complexity index is 282. The molecule has 0 aromatic carbocycles. The summed E-state index contributed by atoms with van der Waals surface area (Å²) in [6.07, 6.45) is -1.02. The van der Waals surface area contributed by atoms with E-state index in [1.54, 1.807) is 0 Å². The summed E-state index contributed by atoms with van der Waals surface area (Å²) >= 11 is 0. The van der Waals surface area contributed by atoms with Crippen molar-refractivity contribution in [2.45, 2.75) is 6.42 Å². The number of likely N-dealkylation sites (tertiary alicyclic amines) is 2. The quantitative estimate of drug-likeness (QED) is 0.618. The van der Waals surface area contributed by atoms with Crippen molar-refractivity contribution >= 4 is 12.2 Å². The topological polar surface area (TPSA) is 81.1 Å². The molecule has 2 aliphatic heterocycles. The van der Waals surface area contributed by atoms with Gasteiger partial charge in [-0.25, -0.2) is 9.59 Å². The highest BCUT2D eigenvalue weighted by Gasteiger charge is 2.39. The highest BCUT2D eigenvalue weighted by atomic mass is 16.4. The molecule has 2 aliphatic rings. The molecule has 0 unspecified atom stereocenters. The van der Waals surface area contributed by atoms with Crippen molar-refractivity contribution in [3.63, 3.8) is 0 Å². The summed E-state index contributed by atoms with van der Waals surface area (Å²) < 4.78 is 0. The third kappa shape index (κ3) is 1.84. The maximum absolute atomic E-state index is 10.8. The Hall–Kier alpha value is -1.46. The second-order valence-electron chi connectivity index (χ2n) is 4.22. The highest BCUT2D eigenvalue weighted by Crippen LogP contribution is 2.30. The SMILES string of the molecule is O=C(O)N1CC[C@@H]2CN(C(=O)O)C[C@@H]2C1. The molecule has 0 saturated carbocycles. The maximum atomic E-state index is 10.8. The van der Waals surface area contributed by atoms with E-state index in [-0.39, 0.29) is 5.92 Å². The van der Waals surface area contributed by atoms with Crippen LogP contribution in [0.1, 0.15) is 6.42 Å². The average molecular weight is 214 g/mol. The largest absolute Gasteiger partial charge is 0.465 e. The number of carboxylic acid groups (broad SMARTS) is 2. The summed E-state index contributed by atoms with van der Waals surface area (Å²) in [5.74, 6) is 0.530. The molecular weight excluding hydrogens is 200 g/mol. The molecule has 84 valence electrons. The predicted octanol–water partition coefficient (Wildman–Crippen LogP) is 0.596. The number of nitrogens with zero attached hydrogens (tertiary/aromatic N) is 2. The van der Waals surface area contributed by atoms with E-state index in [9.17, 15) is 9.59 Å². The van der Waals surface area contributed by atoms with Crippen molar-refractivity contribution in [3.8, 4) is 0 Å². The van der Waals surface area contributed by atoms with Crippen LogP contribution in [0.25, 0.3) is 0 Å². The summed E-state index contributed by atoms with van der Waals surface area (Å²) in [6.45, 7) is 2.05. The molecule has 0 aliphatic carbocycles. The van der Waals surface area contributed by atoms with Gasteiger partial charge in [0.2, 0.25) is 0 Å². The van der Waals surface area contributed by atoms with E-state index in [1.165, 1.54) is 9.80 Å². The third-order valence-electron chi connectivity index (χ3n) is 3.34. The molecule has 0 bridgehead atoms. The van der Waals surface area contributed by atoms with Gasteiger partial charge in [-0.2, -0.15) is 0 Å². The Morgan fingerprint density at radius 3 is 2.07 bits per heavy atom. The van der Waals surface area contributed by atoms with Gasteiger partial charge in [-0.3, -0.25) is 0 Å². The molecule has 2 amide bonds. The van der Waals surface area contributed by atoms with Crippen molar-refractivity contribution in [2.75, 3.05) is 26.2 Å². The molecule has 2 fully saturated rings. The van der Waals surface area contributed by atoms with Crippen LogP contribution in [-0.4, -0.2) is 58.4 Å². The molecule has 0 aromatic rings. The van der Waals surface area contributed by atoms with Crippen LogP contribution >= 0.6 is 0 Å². The molecule has 2 atom stereocenters. The van der Waals surface area contributed by atoms with E-state index in [2.05, 4.69) is 0 Å². The predicted molar refractivity (Wildman–Crippen MR) is 50.8 cm³/mol. The number of fused-ring (bicyclic) bond motifs is 1. The average Bonchev–Trinajstić information content (AvgIpc) is 2.59. The summed E-state index contributed by atoms with van der Waals surface area (Å²) in [5.41, 5.74) is 0. The van der Waals surface area contributed by atoms with Crippen LogP contribution in [0.4, 0.5) is 9.59 Å². The number of carbonyl (C=O) groups is 2. The summed E-state index contributed by atoms with van der Waals surface area (Å²) in [4.78, 5) is 24.3. The number of hydrogen-bond donors (Lipinski definition) is 2. The van der Waals surface area contributed by atoms with Crippen LogP contribution in [0.2, 0.25) is 0 Å². The van der Waals surface area contributed by atoms with Crippen molar-refractivity contribution in [1.82, 2.24) is 9.80 Å². The van der Waals surface area contributed by atoms with Crippen LogP contribution in [0.15, 0.2) is 0 Å². The van der Waals surface area contributed by atoms with Crippen molar-refractivity contribution in [2.24, 2.45) is 11.8 Å². The fraction of sp³-hybridized carbons (Fsp3) is 0.778. The number of piperidine rings is 1. The normalized spacial score (nSPS) is 30.1. The van der Waals surface area contributed by atoms with Gasteiger partial charge in [-0.15, -0.1) is 0 Å². The van der Waals surface area contributed by atoms with Crippen LogP contribution in [-0.2, 0) is 0 Å². The van der Waals surface area contributed by atoms with Gasteiger partial charge in [0.05, 0.1) is 0 Å². The first-order valence-electron chi connectivity index (χ1n) is 5.03. The minimum Gasteiger partial charge on any atom is -0.465 e. The van der Waals surface area contributed by atoms with E-state index in [4.69, 9.17) is 10.2 Å². The van der Waals surface area contributed by atoms with Gasteiger partial charge in [0.25, 0.3) is 0 Å². The number of amides is 2. The second-order valence-corrected chi connectivity index (χ2v) is 4.22. The van der Waals surface area contributed by atoms with Gasteiger partial charge in [0.15, 0.2) is 0 Å². The van der Waals surface area contributed by atoms with Gasteiger partial charge in [-0.1, -0.05) is 0 Å². The molecule has 6 nitrogen and oxygen atoms in total. The molecule has 0 spiro atoms. The molecule has 2 N–H and O–H groups in total. The number of rotatable bonds is 0. The minimum absolute atomic E-state index is 0.186. The zero-order valence-electron chi connectivity index (χ0n) is 8.30. The molecule has 2 rings (SSSR count). The van der Waals surface area contributed by atoms with E-state index in [0.29, 0.717) is 32.1 Å². The lowest BCUT2D eigenvalue weighted by Crippen LogP contribution is -2.42. The zero-order chi connectivity index (χ0) is 11.0. The fourth-order valence-corrected chi connectivity index (χ4v) is 2.50. The van der Waals surface area contributed by atoms with Crippen LogP contribution in [0.5, 0.6) is 0 Å². The van der Waals surface area contributed by atoms with Gasteiger partial charge < -0.3 is 20.0 Å². The standard InChI is InChI=1S/C9H14N2O4/c12-8(13)10-2-1-6-3-11(9(14)15)5-7(6)4-10/h6-7H,1-5H2,(H,12,13)(H,14,15)/t6-,7+/m1/s1. The van der Waals surface area contributed by atoms with E-state index >= 15 is 0 Å². The Kier molecular flexibility index (Phi) is 2.42. The van der Waals surface area contributed by atoms with Crippen LogP contribution < -0.4 is 0 Å². The van der Waals surface area contributed by atoms with Gasteiger partial charge in [0, 0.05) is 26.2 Å². The number of hydrogen-bond acceptors (Lipinski definition) is 2.